The second-order valence-corrected chi connectivity index (χ2v) is 19.4. The summed E-state index contributed by atoms with van der Waals surface area (Å²) >= 11 is 0. The Balaban J connectivity index is 0.00000293. The van der Waals surface area contributed by atoms with Crippen LogP contribution in [0, 0.1) is 11.8 Å². The molecule has 312 valence electrons. The number of ether oxygens (including phenoxy) is 3. The van der Waals surface area contributed by atoms with Gasteiger partial charge in [-0.1, -0.05) is 45.3 Å². The minimum atomic E-state index is -3.89. The average molecular weight is 810 g/mol. The highest BCUT2D eigenvalue weighted by Crippen LogP contribution is 2.51. The van der Waals surface area contributed by atoms with Crippen molar-refractivity contribution in [2.45, 2.75) is 138 Å². The van der Waals surface area contributed by atoms with Crippen LogP contribution >= 0.6 is 0 Å². The lowest BCUT2D eigenvalue weighted by Crippen LogP contribution is -2.58. The lowest BCUT2D eigenvalue weighted by molar-refractivity contribution is -0.141. The molecule has 4 fully saturated rings. The van der Waals surface area contributed by atoms with Crippen molar-refractivity contribution >= 4 is 44.7 Å². The number of rotatable bonds is 8. The van der Waals surface area contributed by atoms with Crippen LogP contribution in [0.25, 0.3) is 10.9 Å². The first kappa shape index (κ1) is 39.4. The number of hydrogen-bond acceptors (Lipinski definition) is 10. The van der Waals surface area contributed by atoms with E-state index < -0.39 is 68.2 Å². The lowest BCUT2D eigenvalue weighted by Gasteiger charge is -2.39. The summed E-state index contributed by atoms with van der Waals surface area (Å²) in [6.45, 7) is 4.11. The molecule has 14 nitrogen and oxygen atoms in total. The van der Waals surface area contributed by atoms with Crippen LogP contribution in [0.4, 0.5) is 4.79 Å². The van der Waals surface area contributed by atoms with E-state index in [2.05, 4.69) is 15.4 Å². The van der Waals surface area contributed by atoms with Crippen LogP contribution in [0.2, 0.25) is 0 Å². The van der Waals surface area contributed by atoms with Gasteiger partial charge in [0.25, 0.3) is 5.91 Å². The Kier molecular flexibility index (Phi) is 10.7. The van der Waals surface area contributed by atoms with Crippen molar-refractivity contribution in [2.24, 2.45) is 11.8 Å². The fraction of sp³-hybridized carbons (Fsp3) is 0.643. The van der Waals surface area contributed by atoms with E-state index in [1.807, 2.05) is 44.2 Å². The van der Waals surface area contributed by atoms with Crippen LogP contribution in [0.3, 0.4) is 0 Å². The van der Waals surface area contributed by atoms with Gasteiger partial charge >= 0.3 is 6.09 Å². The maximum atomic E-state index is 14.8. The summed E-state index contributed by atoms with van der Waals surface area (Å²) in [5.41, 5.74) is 0.319. The van der Waals surface area contributed by atoms with E-state index in [4.69, 9.17) is 19.2 Å². The van der Waals surface area contributed by atoms with E-state index >= 15 is 0 Å². The van der Waals surface area contributed by atoms with Gasteiger partial charge in [-0.05, 0) is 88.3 Å². The third-order valence-corrected chi connectivity index (χ3v) is 14.6. The summed E-state index contributed by atoms with van der Waals surface area (Å²) in [6.07, 6.45) is 12.0. The molecule has 15 heteroatoms. The number of amides is 4. The Morgan fingerprint density at radius 2 is 1.89 bits per heavy atom. The van der Waals surface area contributed by atoms with Crippen LogP contribution < -0.4 is 24.8 Å². The molecule has 0 unspecified atom stereocenters. The predicted molar refractivity (Wildman–Crippen MR) is 215 cm³/mol. The van der Waals surface area contributed by atoms with Crippen LogP contribution in [0.15, 0.2) is 30.4 Å². The number of carbonyl (C=O) groups excluding carboxylic acids is 4. The van der Waals surface area contributed by atoms with Gasteiger partial charge in [-0.25, -0.2) is 18.2 Å². The van der Waals surface area contributed by atoms with Crippen LogP contribution in [0.5, 0.6) is 11.5 Å². The molecule has 3 saturated carbocycles. The van der Waals surface area contributed by atoms with E-state index in [1.54, 1.807) is 7.11 Å². The van der Waals surface area contributed by atoms with Crippen LogP contribution in [0.1, 0.15) is 117 Å². The highest BCUT2D eigenvalue weighted by molar-refractivity contribution is 7.91. The van der Waals surface area contributed by atoms with E-state index in [-0.39, 0.29) is 40.7 Å². The van der Waals surface area contributed by atoms with Crippen molar-refractivity contribution in [3.8, 4) is 11.5 Å². The van der Waals surface area contributed by atoms with Gasteiger partial charge in [0.1, 0.15) is 34.7 Å². The maximum Gasteiger partial charge on any atom is 0.407 e. The minimum absolute atomic E-state index is 0. The minimum Gasteiger partial charge on any atom is -0.497 e. The van der Waals surface area contributed by atoms with Crippen molar-refractivity contribution in [1.82, 2.24) is 25.2 Å². The van der Waals surface area contributed by atoms with Gasteiger partial charge in [0, 0.05) is 32.1 Å². The topological polar surface area (TPSA) is 182 Å². The number of alkyl carbamates (subject to hydrolysis) is 1. The van der Waals surface area contributed by atoms with Crippen molar-refractivity contribution in [1.29, 1.82) is 0 Å². The summed E-state index contributed by atoms with van der Waals surface area (Å²) < 4.78 is 46.3. The van der Waals surface area contributed by atoms with Gasteiger partial charge < -0.3 is 29.7 Å². The van der Waals surface area contributed by atoms with Gasteiger partial charge in [0.2, 0.25) is 21.8 Å². The number of sulfonamides is 1. The van der Waals surface area contributed by atoms with E-state index in [0.717, 1.165) is 54.3 Å². The number of allylic oxidation sites excluding steroid dienone is 1. The molecule has 0 bridgehead atoms. The number of carbonyl (C=O) groups is 4. The SMILES string of the molecule is COc1ccc2nc(C3CCC3)c3c(c2c1)CC[C@]1(C[C@H]2C(=O)N[C@]4(C(=O)NS(=O)(=O)C5CC5)C[C@H]4/C=C\CCCCC[C@H](NC(=O)OCC(C)C)C(=O)N2C1)O3.[HH].[HH]. The van der Waals surface area contributed by atoms with Gasteiger partial charge in [0.05, 0.1) is 36.7 Å². The summed E-state index contributed by atoms with van der Waals surface area (Å²) in [5.74, 6) is -0.446. The number of aryl methyl sites for hydroxylation is 1. The van der Waals surface area contributed by atoms with Crippen LogP contribution in [-0.4, -0.2) is 90.9 Å². The van der Waals surface area contributed by atoms with Gasteiger partial charge in [0.15, 0.2) is 0 Å². The number of fused-ring (bicyclic) bond motifs is 5. The molecular weight excluding hydrogens is 751 g/mol. The quantitative estimate of drug-likeness (QED) is 0.291. The van der Waals surface area contributed by atoms with E-state index in [1.165, 1.54) is 4.90 Å². The molecule has 4 heterocycles. The van der Waals surface area contributed by atoms with Crippen molar-refractivity contribution in [3.63, 3.8) is 0 Å². The average Bonchev–Trinajstić information content (AvgIpc) is 4.09. The van der Waals surface area contributed by atoms with Gasteiger partial charge in [-0.15, -0.1) is 0 Å². The molecule has 1 saturated heterocycles. The van der Waals surface area contributed by atoms with Crippen molar-refractivity contribution in [3.05, 3.63) is 41.6 Å². The molecule has 5 atom stereocenters. The van der Waals surface area contributed by atoms with Gasteiger partial charge in [-0.3, -0.25) is 19.1 Å². The largest absolute Gasteiger partial charge is 0.497 e. The molecule has 1 aromatic heterocycles. The van der Waals surface area contributed by atoms with Crippen LogP contribution in [-0.2, 0) is 35.6 Å². The number of pyridine rings is 1. The molecule has 1 spiro atoms. The third-order valence-electron chi connectivity index (χ3n) is 12.7. The molecular formula is C42H59N5O9S. The monoisotopic (exact) mass is 809 g/mol. The zero-order valence-electron chi connectivity index (χ0n) is 33.1. The molecule has 2 aromatic rings. The predicted octanol–water partition coefficient (Wildman–Crippen LogP) is 5.42. The fourth-order valence-corrected chi connectivity index (χ4v) is 10.3. The molecule has 6 aliphatic rings. The van der Waals surface area contributed by atoms with E-state index in [0.29, 0.717) is 56.4 Å². The standard InChI is InChI=1S/C42H55N5O9S.2H2/c1-25(2)23-55-40(51)44-33-13-8-6-4-5-7-12-27-21-42(27,39(50)46-57(52,53)29-15-16-29)45-37(48)34-22-41(24-47(34)38(33)49)19-18-30-31-20-28(54-3)14-17-32(31)43-35(36(30)56-41)26-10-9-11-26;;/h7,12,14,17,20,25-27,29,33-34H,4-6,8-11,13,15-16,18-19,21-24H2,1-3H3,(H,44,51)(H,45,48)(H,46,50);2*1H/b12-7-;;/t27-,33+,34+,41-,42-;;/m1../s1. The number of nitrogens with one attached hydrogen (secondary N) is 3. The molecule has 4 amide bonds. The van der Waals surface area contributed by atoms with Gasteiger partial charge in [-0.2, -0.15) is 0 Å². The molecule has 0 radical (unpaired) electrons. The summed E-state index contributed by atoms with van der Waals surface area (Å²) in [6, 6.07) is 3.81. The highest BCUT2D eigenvalue weighted by atomic mass is 32.2. The molecule has 57 heavy (non-hydrogen) atoms. The Morgan fingerprint density at radius 3 is 2.61 bits per heavy atom. The number of aromatic nitrogens is 1. The van der Waals surface area contributed by atoms with Crippen molar-refractivity contribution < 1.29 is 44.7 Å². The molecule has 8 rings (SSSR count). The van der Waals surface area contributed by atoms with Crippen molar-refractivity contribution in [2.75, 3.05) is 20.3 Å². The second kappa shape index (κ2) is 15.4. The lowest BCUT2D eigenvalue weighted by atomic mass is 9.79. The molecule has 3 aliphatic carbocycles. The summed E-state index contributed by atoms with van der Waals surface area (Å²) in [7, 11) is -2.26. The number of methoxy groups -OCH3 is 1. The molecule has 3 aliphatic heterocycles. The first-order chi connectivity index (χ1) is 27.3. The first-order valence-corrected chi connectivity index (χ1v) is 22.3. The normalized spacial score (nSPS) is 29.8. The first-order valence-electron chi connectivity index (χ1n) is 20.8. The third kappa shape index (κ3) is 7.92. The zero-order valence-corrected chi connectivity index (χ0v) is 34.0. The second-order valence-electron chi connectivity index (χ2n) is 17.5. The fourth-order valence-electron chi connectivity index (χ4n) is 8.95. The summed E-state index contributed by atoms with van der Waals surface area (Å²) in [5, 5.41) is 6.11. The Labute approximate surface area is 337 Å². The number of benzene rings is 1. The maximum absolute atomic E-state index is 14.8. The number of nitrogens with zero attached hydrogens (tertiary/aromatic N) is 2. The molecule has 1 aromatic carbocycles. The highest BCUT2D eigenvalue weighted by Gasteiger charge is 2.63. The number of hydrogen-bond donors (Lipinski definition) is 3. The Morgan fingerprint density at radius 1 is 1.09 bits per heavy atom. The van der Waals surface area contributed by atoms with E-state index in [9.17, 15) is 27.6 Å². The Hall–Kier alpha value is -4.40. The Bertz CT molecular complexity index is 2090. The summed E-state index contributed by atoms with van der Waals surface area (Å²) in [4.78, 5) is 63.2. The molecule has 3 N–H and O–H groups in total. The smallest absolute Gasteiger partial charge is 0.407 e. The zero-order chi connectivity index (χ0) is 40.1.